The fourth-order valence-corrected chi connectivity index (χ4v) is 5.92. The normalized spacial score (nSPS) is 23.0. The number of benzene rings is 1. The maximum Gasteiger partial charge on any atom is 0.407 e. The molecule has 2 aromatic rings. The second-order valence-electron chi connectivity index (χ2n) is 9.47. The van der Waals surface area contributed by atoms with Crippen molar-refractivity contribution in [2.24, 2.45) is 5.92 Å². The molecule has 2 aliphatic rings. The summed E-state index contributed by atoms with van der Waals surface area (Å²) in [6, 6.07) is 3.24. The molecular formula is C25H30ClN3O6S. The summed E-state index contributed by atoms with van der Waals surface area (Å²) < 4.78 is 12.5. The van der Waals surface area contributed by atoms with Crippen molar-refractivity contribution in [2.75, 3.05) is 12.8 Å². The lowest BCUT2D eigenvalue weighted by Crippen LogP contribution is -2.52. The van der Waals surface area contributed by atoms with Gasteiger partial charge in [-0.3, -0.25) is 9.59 Å². The molecule has 3 atom stereocenters. The van der Waals surface area contributed by atoms with Crippen molar-refractivity contribution >= 4 is 35.4 Å². The Bertz CT molecular complexity index is 1280. The number of nitrogens with zero attached hydrogens (tertiary/aromatic N) is 1. The maximum atomic E-state index is 13.1. The Morgan fingerprint density at radius 1 is 1.31 bits per heavy atom. The monoisotopic (exact) mass is 535 g/mol. The van der Waals surface area contributed by atoms with E-state index in [-0.39, 0.29) is 35.0 Å². The van der Waals surface area contributed by atoms with Gasteiger partial charge in [0, 0.05) is 59.3 Å². The zero-order valence-electron chi connectivity index (χ0n) is 20.9. The number of fused-ring (bicyclic) bond motifs is 1. The van der Waals surface area contributed by atoms with Crippen molar-refractivity contribution in [3.05, 3.63) is 49.9 Å². The van der Waals surface area contributed by atoms with Crippen molar-refractivity contribution in [3.8, 4) is 11.5 Å². The first-order valence-electron chi connectivity index (χ1n) is 11.7. The smallest absolute Gasteiger partial charge is 0.407 e. The van der Waals surface area contributed by atoms with Gasteiger partial charge in [0.2, 0.25) is 0 Å². The molecule has 194 valence electrons. The lowest BCUT2D eigenvalue weighted by molar-refractivity contribution is -0.128. The fourth-order valence-electron chi connectivity index (χ4n) is 4.98. The highest BCUT2D eigenvalue weighted by molar-refractivity contribution is 7.98. The van der Waals surface area contributed by atoms with Crippen molar-refractivity contribution < 1.29 is 24.2 Å². The molecular weight excluding hydrogens is 506 g/mol. The molecule has 1 fully saturated rings. The van der Waals surface area contributed by atoms with E-state index in [4.69, 9.17) is 21.1 Å². The van der Waals surface area contributed by atoms with Crippen LogP contribution in [0.1, 0.15) is 53.9 Å². The first kappa shape index (κ1) is 26.2. The van der Waals surface area contributed by atoms with Crippen LogP contribution in [0.5, 0.6) is 11.5 Å². The number of ether oxygens (including phenoxy) is 2. The number of carbonyl (C=O) groups excluding carboxylic acids is 1. The summed E-state index contributed by atoms with van der Waals surface area (Å²) in [6.07, 6.45) is 2.09. The molecule has 9 nitrogen and oxygen atoms in total. The quantitative estimate of drug-likeness (QED) is 0.480. The first-order chi connectivity index (χ1) is 16.9. The van der Waals surface area contributed by atoms with Crippen molar-refractivity contribution in [1.29, 1.82) is 0 Å². The number of aromatic amines is 1. The second kappa shape index (κ2) is 9.89. The van der Waals surface area contributed by atoms with E-state index in [1.54, 1.807) is 13.0 Å². The number of halogens is 1. The number of amides is 2. The van der Waals surface area contributed by atoms with Crippen LogP contribution in [0.4, 0.5) is 4.79 Å². The standard InChI is InChI=1S/C25H30ClN3O6S/c1-12-8-19(36-5)17(23(31)28-12)11-27-22(30)16-10-18(26)21-20(14(16)3)34-25(4,35-21)15-6-7-29(24(32)33)13(2)9-15/h8,10,13,15H,6-7,9,11H2,1-5H3,(H,27,30)(H,28,31)(H,32,33). The van der Waals surface area contributed by atoms with Crippen LogP contribution in [0, 0.1) is 19.8 Å². The molecule has 11 heteroatoms. The van der Waals surface area contributed by atoms with E-state index in [9.17, 15) is 19.5 Å². The van der Waals surface area contributed by atoms with Crippen LogP contribution in [0.25, 0.3) is 0 Å². The van der Waals surface area contributed by atoms with Gasteiger partial charge in [0.25, 0.3) is 17.3 Å². The Balaban J connectivity index is 1.54. The van der Waals surface area contributed by atoms with E-state index < -0.39 is 11.9 Å². The van der Waals surface area contributed by atoms with Crippen LogP contribution >= 0.6 is 23.4 Å². The minimum absolute atomic E-state index is 0.0634. The largest absolute Gasteiger partial charge is 0.465 e. The van der Waals surface area contributed by atoms with E-state index in [1.807, 2.05) is 33.1 Å². The van der Waals surface area contributed by atoms with Gasteiger partial charge in [0.15, 0.2) is 11.5 Å². The molecule has 0 aliphatic carbocycles. The van der Waals surface area contributed by atoms with Gasteiger partial charge in [0.05, 0.1) is 5.02 Å². The Kier molecular flexibility index (Phi) is 7.21. The number of piperidine rings is 1. The molecule has 0 saturated carbocycles. The molecule has 4 rings (SSSR count). The number of thioether (sulfide) groups is 1. The van der Waals surface area contributed by atoms with E-state index in [2.05, 4.69) is 10.3 Å². The Morgan fingerprint density at radius 3 is 2.64 bits per heavy atom. The average molecular weight is 536 g/mol. The number of hydrogen-bond donors (Lipinski definition) is 3. The van der Waals surface area contributed by atoms with Gasteiger partial charge in [-0.05, 0) is 52.0 Å². The number of hydrogen-bond acceptors (Lipinski definition) is 6. The van der Waals surface area contributed by atoms with Gasteiger partial charge in [-0.25, -0.2) is 4.79 Å². The fraction of sp³-hybridized carbons (Fsp3) is 0.480. The van der Waals surface area contributed by atoms with Gasteiger partial charge in [-0.15, -0.1) is 11.8 Å². The highest BCUT2D eigenvalue weighted by atomic mass is 35.5. The minimum atomic E-state index is -1.03. The number of pyridine rings is 1. The van der Waals surface area contributed by atoms with Crippen molar-refractivity contribution in [2.45, 2.75) is 63.8 Å². The topological polar surface area (TPSA) is 121 Å². The number of carbonyl (C=O) groups is 2. The molecule has 3 unspecified atom stereocenters. The molecule has 3 heterocycles. The van der Waals surface area contributed by atoms with E-state index in [0.29, 0.717) is 47.6 Å². The number of aryl methyl sites for hydroxylation is 1. The van der Waals surface area contributed by atoms with Gasteiger partial charge < -0.3 is 29.8 Å². The lowest BCUT2D eigenvalue weighted by atomic mass is 9.85. The third-order valence-electron chi connectivity index (χ3n) is 7.03. The molecule has 1 aromatic carbocycles. The highest BCUT2D eigenvalue weighted by Gasteiger charge is 2.49. The predicted molar refractivity (Wildman–Crippen MR) is 138 cm³/mol. The first-order valence-corrected chi connectivity index (χ1v) is 13.3. The summed E-state index contributed by atoms with van der Waals surface area (Å²) in [5, 5.41) is 12.5. The maximum absolute atomic E-state index is 13.1. The summed E-state index contributed by atoms with van der Waals surface area (Å²) >= 11 is 7.97. The van der Waals surface area contributed by atoms with E-state index in [1.165, 1.54) is 16.7 Å². The third kappa shape index (κ3) is 4.76. The summed E-state index contributed by atoms with van der Waals surface area (Å²) in [5.41, 5.74) is 1.91. The molecule has 0 spiro atoms. The summed E-state index contributed by atoms with van der Waals surface area (Å²) in [7, 11) is 0. The zero-order valence-corrected chi connectivity index (χ0v) is 22.4. The minimum Gasteiger partial charge on any atom is -0.465 e. The number of carboxylic acid groups (broad SMARTS) is 1. The third-order valence-corrected chi connectivity index (χ3v) is 8.12. The van der Waals surface area contributed by atoms with Crippen LogP contribution in [0.15, 0.2) is 21.8 Å². The Labute approximate surface area is 218 Å². The van der Waals surface area contributed by atoms with Crippen LogP contribution in [-0.4, -0.2) is 51.6 Å². The second-order valence-corrected chi connectivity index (χ2v) is 10.7. The van der Waals surface area contributed by atoms with Crippen LogP contribution < -0.4 is 20.3 Å². The summed E-state index contributed by atoms with van der Waals surface area (Å²) in [5.74, 6) is -0.707. The number of aromatic nitrogens is 1. The Morgan fingerprint density at radius 2 is 2.00 bits per heavy atom. The molecule has 0 bridgehead atoms. The SMILES string of the molecule is CSc1cc(C)[nH]c(=O)c1CNC(=O)c1cc(Cl)c2c(c1C)OC(C)(C1CCN(C(=O)O)C(C)C1)O2. The molecule has 1 aromatic heterocycles. The molecule has 2 aliphatic heterocycles. The highest BCUT2D eigenvalue weighted by Crippen LogP contribution is 2.51. The molecule has 36 heavy (non-hydrogen) atoms. The molecule has 2 amide bonds. The summed E-state index contributed by atoms with van der Waals surface area (Å²) in [4.78, 5) is 42.0. The average Bonchev–Trinajstić information content (AvgIpc) is 3.19. The lowest BCUT2D eigenvalue weighted by Gasteiger charge is -2.41. The van der Waals surface area contributed by atoms with E-state index in [0.717, 1.165) is 10.6 Å². The van der Waals surface area contributed by atoms with E-state index >= 15 is 0 Å². The molecule has 1 saturated heterocycles. The number of likely N-dealkylation sites (tertiary alicyclic amines) is 1. The van der Waals surface area contributed by atoms with Gasteiger partial charge in [-0.2, -0.15) is 0 Å². The Hall–Kier alpha value is -2.85. The number of nitrogens with one attached hydrogen (secondary N) is 2. The van der Waals surface area contributed by atoms with Crippen LogP contribution in [-0.2, 0) is 6.54 Å². The van der Waals surface area contributed by atoms with Crippen molar-refractivity contribution in [3.63, 3.8) is 0 Å². The predicted octanol–water partition coefficient (Wildman–Crippen LogP) is 4.56. The zero-order chi connectivity index (χ0) is 26.4. The van der Waals surface area contributed by atoms with Crippen LogP contribution in [0.3, 0.4) is 0 Å². The summed E-state index contributed by atoms with van der Waals surface area (Å²) in [6.45, 7) is 7.72. The molecule has 3 N–H and O–H groups in total. The van der Waals surface area contributed by atoms with Gasteiger partial charge >= 0.3 is 6.09 Å². The van der Waals surface area contributed by atoms with Gasteiger partial charge in [-0.1, -0.05) is 11.6 Å². The molecule has 0 radical (unpaired) electrons. The van der Waals surface area contributed by atoms with Gasteiger partial charge in [0.1, 0.15) is 0 Å². The van der Waals surface area contributed by atoms with Crippen LogP contribution in [0.2, 0.25) is 5.02 Å². The van der Waals surface area contributed by atoms with Crippen molar-refractivity contribution in [1.82, 2.24) is 15.2 Å². The number of rotatable bonds is 5. The number of H-pyrrole nitrogens is 1.